The van der Waals surface area contributed by atoms with Gasteiger partial charge in [-0.25, -0.2) is 0 Å². The molecule has 2 nitrogen and oxygen atoms in total. The lowest BCUT2D eigenvalue weighted by Crippen LogP contribution is -2.52. The van der Waals surface area contributed by atoms with Crippen LogP contribution in [0.4, 0.5) is 0 Å². The lowest BCUT2D eigenvalue weighted by atomic mass is 9.86. The number of hydrogen-bond donors (Lipinski definition) is 1. The predicted octanol–water partition coefficient (Wildman–Crippen LogP) is 2.38. The molecule has 0 radical (unpaired) electrons. The number of rotatable bonds is 2. The van der Waals surface area contributed by atoms with Crippen molar-refractivity contribution >= 4 is 0 Å². The first-order valence-electron chi connectivity index (χ1n) is 6.81. The Hall–Kier alpha value is -0.0800. The van der Waals surface area contributed by atoms with E-state index < -0.39 is 0 Å². The van der Waals surface area contributed by atoms with Gasteiger partial charge in [0.25, 0.3) is 0 Å². The van der Waals surface area contributed by atoms with Gasteiger partial charge in [-0.05, 0) is 38.1 Å². The molecule has 0 aromatic rings. The van der Waals surface area contributed by atoms with Crippen LogP contribution in [0.25, 0.3) is 0 Å². The van der Waals surface area contributed by atoms with Gasteiger partial charge in [-0.2, -0.15) is 0 Å². The first-order chi connectivity index (χ1) is 7.31. The second kappa shape index (κ2) is 5.31. The molecule has 2 fully saturated rings. The van der Waals surface area contributed by atoms with Crippen molar-refractivity contribution in [1.82, 2.24) is 4.90 Å². The average Bonchev–Trinajstić information content (AvgIpc) is 2.30. The normalized spacial score (nSPS) is 39.2. The van der Waals surface area contributed by atoms with Crippen LogP contribution in [0.1, 0.15) is 51.9 Å². The molecule has 2 rings (SSSR count). The van der Waals surface area contributed by atoms with E-state index in [0.29, 0.717) is 12.1 Å². The standard InChI is InChI=1S/C13H26N2/c1-2-11-6-5-9-15(10-11)13-8-4-3-7-12(13)14/h11-13H,2-10,14H2,1H3. The van der Waals surface area contributed by atoms with Gasteiger partial charge < -0.3 is 5.73 Å². The third-order valence-electron chi connectivity index (χ3n) is 4.38. The molecule has 2 heteroatoms. The van der Waals surface area contributed by atoms with Crippen LogP contribution < -0.4 is 5.73 Å². The molecule has 88 valence electrons. The highest BCUT2D eigenvalue weighted by atomic mass is 15.2. The topological polar surface area (TPSA) is 29.3 Å². The van der Waals surface area contributed by atoms with E-state index in [-0.39, 0.29) is 0 Å². The van der Waals surface area contributed by atoms with Crippen molar-refractivity contribution in [2.45, 2.75) is 64.0 Å². The molecule has 0 aromatic carbocycles. The molecular weight excluding hydrogens is 184 g/mol. The molecule has 2 N–H and O–H groups in total. The number of piperidine rings is 1. The lowest BCUT2D eigenvalue weighted by Gasteiger charge is -2.42. The molecule has 3 atom stereocenters. The summed E-state index contributed by atoms with van der Waals surface area (Å²) in [4.78, 5) is 2.70. The molecule has 1 aliphatic carbocycles. The number of hydrogen-bond acceptors (Lipinski definition) is 2. The van der Waals surface area contributed by atoms with Gasteiger partial charge in [-0.3, -0.25) is 4.90 Å². The molecule has 1 saturated carbocycles. The largest absolute Gasteiger partial charge is 0.326 e. The Bertz CT molecular complexity index is 193. The molecule has 0 amide bonds. The third kappa shape index (κ3) is 2.73. The molecule has 15 heavy (non-hydrogen) atoms. The van der Waals surface area contributed by atoms with Gasteiger partial charge in [0.05, 0.1) is 0 Å². The molecule has 3 unspecified atom stereocenters. The molecule has 0 spiro atoms. The Balaban J connectivity index is 1.90. The van der Waals surface area contributed by atoms with Crippen LogP contribution in [-0.2, 0) is 0 Å². The predicted molar refractivity (Wildman–Crippen MR) is 64.8 cm³/mol. The van der Waals surface area contributed by atoms with E-state index in [1.165, 1.54) is 58.0 Å². The maximum Gasteiger partial charge on any atom is 0.0247 e. The summed E-state index contributed by atoms with van der Waals surface area (Å²) >= 11 is 0. The van der Waals surface area contributed by atoms with E-state index in [2.05, 4.69) is 11.8 Å². The van der Waals surface area contributed by atoms with Gasteiger partial charge in [-0.1, -0.05) is 26.2 Å². The molecule has 0 aromatic heterocycles. The zero-order valence-electron chi connectivity index (χ0n) is 10.1. The zero-order chi connectivity index (χ0) is 10.7. The summed E-state index contributed by atoms with van der Waals surface area (Å²) in [7, 11) is 0. The van der Waals surface area contributed by atoms with E-state index >= 15 is 0 Å². The van der Waals surface area contributed by atoms with Crippen LogP contribution in [0.5, 0.6) is 0 Å². The van der Waals surface area contributed by atoms with Crippen LogP contribution in [0.15, 0.2) is 0 Å². The zero-order valence-corrected chi connectivity index (χ0v) is 10.1. The Morgan fingerprint density at radius 3 is 2.67 bits per heavy atom. The number of nitrogens with zero attached hydrogens (tertiary/aromatic N) is 1. The van der Waals surface area contributed by atoms with E-state index in [4.69, 9.17) is 5.73 Å². The van der Waals surface area contributed by atoms with Crippen molar-refractivity contribution in [2.75, 3.05) is 13.1 Å². The lowest BCUT2D eigenvalue weighted by molar-refractivity contribution is 0.0849. The average molecular weight is 210 g/mol. The highest BCUT2D eigenvalue weighted by Crippen LogP contribution is 2.27. The van der Waals surface area contributed by atoms with Crippen LogP contribution in [0.3, 0.4) is 0 Å². The Kier molecular flexibility index (Phi) is 4.04. The minimum absolute atomic E-state index is 0.453. The minimum atomic E-state index is 0.453. The van der Waals surface area contributed by atoms with Gasteiger partial charge >= 0.3 is 0 Å². The van der Waals surface area contributed by atoms with E-state index in [0.717, 1.165) is 5.92 Å². The van der Waals surface area contributed by atoms with E-state index in [1.54, 1.807) is 0 Å². The first-order valence-corrected chi connectivity index (χ1v) is 6.81. The van der Waals surface area contributed by atoms with Gasteiger partial charge in [-0.15, -0.1) is 0 Å². The van der Waals surface area contributed by atoms with Gasteiger partial charge in [0.2, 0.25) is 0 Å². The van der Waals surface area contributed by atoms with Crippen molar-refractivity contribution < 1.29 is 0 Å². The van der Waals surface area contributed by atoms with Crippen LogP contribution in [0, 0.1) is 5.92 Å². The molecule has 1 aliphatic heterocycles. The third-order valence-corrected chi connectivity index (χ3v) is 4.38. The maximum atomic E-state index is 6.26. The highest BCUT2D eigenvalue weighted by molar-refractivity contribution is 4.88. The van der Waals surface area contributed by atoms with Gasteiger partial charge in [0, 0.05) is 18.6 Å². The van der Waals surface area contributed by atoms with Crippen molar-refractivity contribution in [3.8, 4) is 0 Å². The molecular formula is C13H26N2. The molecule has 1 saturated heterocycles. The fraction of sp³-hybridized carbons (Fsp3) is 1.00. The van der Waals surface area contributed by atoms with E-state index in [9.17, 15) is 0 Å². The highest BCUT2D eigenvalue weighted by Gasteiger charge is 2.30. The maximum absolute atomic E-state index is 6.26. The van der Waals surface area contributed by atoms with Crippen molar-refractivity contribution in [3.63, 3.8) is 0 Å². The van der Waals surface area contributed by atoms with Crippen molar-refractivity contribution in [2.24, 2.45) is 11.7 Å². The SMILES string of the molecule is CCC1CCCN(C2CCCCC2N)C1. The summed E-state index contributed by atoms with van der Waals surface area (Å²) in [5.74, 6) is 0.938. The quantitative estimate of drug-likeness (QED) is 0.758. The fourth-order valence-electron chi connectivity index (χ4n) is 3.33. The second-order valence-electron chi connectivity index (χ2n) is 5.43. The van der Waals surface area contributed by atoms with Gasteiger partial charge in [0.15, 0.2) is 0 Å². The Morgan fingerprint density at radius 1 is 1.13 bits per heavy atom. The molecule has 2 aliphatic rings. The smallest absolute Gasteiger partial charge is 0.0247 e. The van der Waals surface area contributed by atoms with Gasteiger partial charge in [0.1, 0.15) is 0 Å². The van der Waals surface area contributed by atoms with Crippen molar-refractivity contribution in [1.29, 1.82) is 0 Å². The summed E-state index contributed by atoms with van der Waals surface area (Å²) in [6.45, 7) is 4.94. The van der Waals surface area contributed by atoms with E-state index in [1.807, 2.05) is 0 Å². The summed E-state index contributed by atoms with van der Waals surface area (Å²) < 4.78 is 0. The second-order valence-corrected chi connectivity index (χ2v) is 5.43. The Labute approximate surface area is 94.2 Å². The summed E-state index contributed by atoms with van der Waals surface area (Å²) in [5, 5.41) is 0. The fourth-order valence-corrected chi connectivity index (χ4v) is 3.33. The van der Waals surface area contributed by atoms with Crippen molar-refractivity contribution in [3.05, 3.63) is 0 Å². The van der Waals surface area contributed by atoms with Crippen LogP contribution >= 0.6 is 0 Å². The summed E-state index contributed by atoms with van der Waals surface area (Å²) in [6.07, 6.45) is 9.51. The Morgan fingerprint density at radius 2 is 1.93 bits per heavy atom. The minimum Gasteiger partial charge on any atom is -0.326 e. The molecule has 1 heterocycles. The summed E-state index contributed by atoms with van der Waals surface area (Å²) in [5.41, 5.74) is 6.26. The summed E-state index contributed by atoms with van der Waals surface area (Å²) in [6, 6.07) is 1.16. The van der Waals surface area contributed by atoms with Crippen LogP contribution in [0.2, 0.25) is 0 Å². The monoisotopic (exact) mass is 210 g/mol. The molecule has 0 bridgehead atoms. The van der Waals surface area contributed by atoms with Crippen LogP contribution in [-0.4, -0.2) is 30.1 Å². The number of likely N-dealkylation sites (tertiary alicyclic amines) is 1. The number of nitrogens with two attached hydrogens (primary N) is 1. The first kappa shape index (κ1) is 11.4.